The van der Waals surface area contributed by atoms with Gasteiger partial charge in [-0.2, -0.15) is 0 Å². The highest BCUT2D eigenvalue weighted by Gasteiger charge is 2.07. The zero-order valence-corrected chi connectivity index (χ0v) is 10.1. The molecule has 17 heavy (non-hydrogen) atoms. The number of nitrogens with one attached hydrogen (secondary N) is 2. The van der Waals surface area contributed by atoms with Crippen LogP contribution in [0.25, 0.3) is 0 Å². The van der Waals surface area contributed by atoms with Crippen molar-refractivity contribution in [2.45, 2.75) is 13.0 Å². The standard InChI is InChI=1S/C10H22N2O5/c1-9(10(14)15)12-3-5-17-7-6-16-4-2-11-8-13/h9,11-13H,2-8H2,1H3,(H,14,15). The van der Waals surface area contributed by atoms with E-state index in [-0.39, 0.29) is 6.73 Å². The van der Waals surface area contributed by atoms with E-state index in [2.05, 4.69) is 10.6 Å². The number of hydrogen-bond donors (Lipinski definition) is 4. The first kappa shape index (κ1) is 16.3. The molecule has 0 fully saturated rings. The van der Waals surface area contributed by atoms with Gasteiger partial charge in [0, 0.05) is 13.1 Å². The summed E-state index contributed by atoms with van der Waals surface area (Å²) in [7, 11) is 0. The number of carboxylic acids is 1. The predicted molar refractivity (Wildman–Crippen MR) is 61.8 cm³/mol. The van der Waals surface area contributed by atoms with Crippen molar-refractivity contribution in [3.63, 3.8) is 0 Å². The van der Waals surface area contributed by atoms with Crippen LogP contribution in [0.15, 0.2) is 0 Å². The summed E-state index contributed by atoms with van der Waals surface area (Å²) in [5, 5.41) is 22.5. The Bertz CT molecular complexity index is 192. The van der Waals surface area contributed by atoms with Gasteiger partial charge in [-0.1, -0.05) is 0 Å². The first-order valence-corrected chi connectivity index (χ1v) is 5.61. The molecule has 0 spiro atoms. The van der Waals surface area contributed by atoms with Crippen LogP contribution in [0.1, 0.15) is 6.92 Å². The monoisotopic (exact) mass is 250 g/mol. The molecule has 0 bridgehead atoms. The third kappa shape index (κ3) is 11.5. The number of aliphatic carboxylic acids is 1. The van der Waals surface area contributed by atoms with Crippen LogP contribution in [-0.4, -0.2) is 68.5 Å². The van der Waals surface area contributed by atoms with Gasteiger partial charge in [0.1, 0.15) is 6.04 Å². The summed E-state index contributed by atoms with van der Waals surface area (Å²) < 4.78 is 10.4. The molecule has 0 saturated carbocycles. The van der Waals surface area contributed by atoms with Gasteiger partial charge in [0.05, 0.1) is 33.2 Å². The van der Waals surface area contributed by atoms with Crippen LogP contribution in [0.4, 0.5) is 0 Å². The Labute approximate surface area is 101 Å². The van der Waals surface area contributed by atoms with Crippen molar-refractivity contribution < 1.29 is 24.5 Å². The second kappa shape index (κ2) is 11.7. The number of rotatable bonds is 12. The molecule has 0 saturated heterocycles. The Morgan fingerprint density at radius 3 is 2.29 bits per heavy atom. The predicted octanol–water partition coefficient (Wildman–Crippen LogP) is -1.38. The van der Waals surface area contributed by atoms with E-state index in [1.54, 1.807) is 6.92 Å². The molecule has 0 aliphatic rings. The van der Waals surface area contributed by atoms with Crippen LogP contribution in [0, 0.1) is 0 Å². The summed E-state index contributed by atoms with van der Waals surface area (Å²) in [5.41, 5.74) is 0. The third-order valence-corrected chi connectivity index (χ3v) is 1.97. The van der Waals surface area contributed by atoms with Crippen molar-refractivity contribution in [1.82, 2.24) is 10.6 Å². The highest BCUT2D eigenvalue weighted by molar-refractivity contribution is 5.72. The first-order chi connectivity index (χ1) is 8.18. The Balaban J connectivity index is 3.06. The molecule has 0 aliphatic carbocycles. The van der Waals surface area contributed by atoms with Crippen LogP contribution in [-0.2, 0) is 14.3 Å². The zero-order valence-electron chi connectivity index (χ0n) is 10.1. The number of carbonyl (C=O) groups is 1. The summed E-state index contributed by atoms with van der Waals surface area (Å²) >= 11 is 0. The molecule has 0 aliphatic heterocycles. The van der Waals surface area contributed by atoms with Crippen LogP contribution < -0.4 is 10.6 Å². The molecule has 0 radical (unpaired) electrons. The number of aliphatic hydroxyl groups excluding tert-OH is 1. The molecule has 0 heterocycles. The molecule has 7 heteroatoms. The van der Waals surface area contributed by atoms with Gasteiger partial charge < -0.3 is 25.0 Å². The zero-order chi connectivity index (χ0) is 12.9. The van der Waals surface area contributed by atoms with Crippen molar-refractivity contribution in [3.8, 4) is 0 Å². The largest absolute Gasteiger partial charge is 0.480 e. The Morgan fingerprint density at radius 1 is 1.18 bits per heavy atom. The summed E-state index contributed by atoms with van der Waals surface area (Å²) in [6.45, 7) is 4.58. The second-order valence-electron chi connectivity index (χ2n) is 3.40. The van der Waals surface area contributed by atoms with Gasteiger partial charge in [0.25, 0.3) is 0 Å². The number of aliphatic hydroxyl groups is 1. The number of ether oxygens (including phenoxy) is 2. The maximum absolute atomic E-state index is 10.4. The van der Waals surface area contributed by atoms with Crippen LogP contribution >= 0.6 is 0 Å². The summed E-state index contributed by atoms with van der Waals surface area (Å²) in [4.78, 5) is 10.4. The molecular weight excluding hydrogens is 228 g/mol. The van der Waals surface area contributed by atoms with Crippen molar-refractivity contribution in [2.24, 2.45) is 0 Å². The van der Waals surface area contributed by atoms with E-state index in [1.807, 2.05) is 0 Å². The van der Waals surface area contributed by atoms with Gasteiger partial charge in [-0.3, -0.25) is 10.1 Å². The van der Waals surface area contributed by atoms with Crippen molar-refractivity contribution in [3.05, 3.63) is 0 Å². The van der Waals surface area contributed by atoms with Crippen molar-refractivity contribution in [1.29, 1.82) is 0 Å². The summed E-state index contributed by atoms with van der Waals surface area (Å²) in [6, 6.07) is -0.556. The Hall–Kier alpha value is -0.730. The van der Waals surface area contributed by atoms with Gasteiger partial charge in [0.15, 0.2) is 0 Å². The van der Waals surface area contributed by atoms with Gasteiger partial charge in [-0.25, -0.2) is 0 Å². The minimum atomic E-state index is -0.871. The van der Waals surface area contributed by atoms with E-state index in [0.29, 0.717) is 39.5 Å². The minimum absolute atomic E-state index is 0.0483. The molecule has 4 N–H and O–H groups in total. The lowest BCUT2D eigenvalue weighted by Crippen LogP contribution is -2.36. The molecule has 0 aromatic rings. The number of hydrogen-bond acceptors (Lipinski definition) is 6. The highest BCUT2D eigenvalue weighted by Crippen LogP contribution is 1.81. The van der Waals surface area contributed by atoms with Crippen molar-refractivity contribution in [2.75, 3.05) is 46.2 Å². The van der Waals surface area contributed by atoms with E-state index in [9.17, 15) is 4.79 Å². The lowest BCUT2D eigenvalue weighted by atomic mass is 10.3. The van der Waals surface area contributed by atoms with E-state index in [0.717, 1.165) is 0 Å². The minimum Gasteiger partial charge on any atom is -0.480 e. The van der Waals surface area contributed by atoms with E-state index < -0.39 is 12.0 Å². The fourth-order valence-electron chi connectivity index (χ4n) is 0.980. The van der Waals surface area contributed by atoms with E-state index >= 15 is 0 Å². The third-order valence-electron chi connectivity index (χ3n) is 1.97. The fourth-order valence-corrected chi connectivity index (χ4v) is 0.980. The van der Waals surface area contributed by atoms with Gasteiger partial charge >= 0.3 is 5.97 Å². The molecule has 0 amide bonds. The normalized spacial score (nSPS) is 12.6. The average Bonchev–Trinajstić information content (AvgIpc) is 2.31. The lowest BCUT2D eigenvalue weighted by Gasteiger charge is -2.09. The Kier molecular flexibility index (Phi) is 11.2. The lowest BCUT2D eigenvalue weighted by molar-refractivity contribution is -0.139. The average molecular weight is 250 g/mol. The van der Waals surface area contributed by atoms with Crippen LogP contribution in [0.2, 0.25) is 0 Å². The van der Waals surface area contributed by atoms with Crippen molar-refractivity contribution >= 4 is 5.97 Å². The maximum atomic E-state index is 10.4. The van der Waals surface area contributed by atoms with Gasteiger partial charge in [0.2, 0.25) is 0 Å². The smallest absolute Gasteiger partial charge is 0.320 e. The highest BCUT2D eigenvalue weighted by atomic mass is 16.5. The Morgan fingerprint density at radius 2 is 1.76 bits per heavy atom. The SMILES string of the molecule is CC(NCCOCCOCCNCO)C(=O)O. The fraction of sp³-hybridized carbons (Fsp3) is 0.900. The maximum Gasteiger partial charge on any atom is 0.320 e. The molecule has 1 atom stereocenters. The quantitative estimate of drug-likeness (QED) is 0.250. The van der Waals surface area contributed by atoms with Gasteiger partial charge in [-0.15, -0.1) is 0 Å². The molecule has 102 valence electrons. The molecule has 0 rings (SSSR count). The molecule has 0 aromatic heterocycles. The second-order valence-corrected chi connectivity index (χ2v) is 3.40. The van der Waals surface area contributed by atoms with Crippen LogP contribution in [0.5, 0.6) is 0 Å². The van der Waals surface area contributed by atoms with E-state index in [4.69, 9.17) is 19.7 Å². The first-order valence-electron chi connectivity index (χ1n) is 5.61. The molecule has 7 nitrogen and oxygen atoms in total. The molecular formula is C10H22N2O5. The van der Waals surface area contributed by atoms with Gasteiger partial charge in [-0.05, 0) is 6.92 Å². The molecule has 0 aromatic carbocycles. The topological polar surface area (TPSA) is 100 Å². The summed E-state index contributed by atoms with van der Waals surface area (Å²) in [5.74, 6) is -0.871. The summed E-state index contributed by atoms with van der Waals surface area (Å²) in [6.07, 6.45) is 0. The van der Waals surface area contributed by atoms with Crippen LogP contribution in [0.3, 0.4) is 0 Å². The number of carboxylic acid groups (broad SMARTS) is 1. The molecule has 1 unspecified atom stereocenters. The van der Waals surface area contributed by atoms with E-state index in [1.165, 1.54) is 0 Å².